The number of rotatable bonds is 2. The van der Waals surface area contributed by atoms with Crippen molar-refractivity contribution in [3.05, 3.63) is 60.2 Å². The predicted octanol–water partition coefficient (Wildman–Crippen LogP) is 2.35. The smallest absolute Gasteiger partial charge is 0.241 e. The molecule has 4 nitrogen and oxygen atoms in total. The molecule has 22 heavy (non-hydrogen) atoms. The van der Waals surface area contributed by atoms with Crippen molar-refractivity contribution in [3.8, 4) is 0 Å². The molecule has 1 fully saturated rings. The fourth-order valence-electron chi connectivity index (χ4n) is 3.59. The highest BCUT2D eigenvalue weighted by molar-refractivity contribution is 5.95. The number of carbonyl (C=O) groups is 1. The lowest BCUT2D eigenvalue weighted by Crippen LogP contribution is -2.35. The lowest BCUT2D eigenvalue weighted by Gasteiger charge is -2.22. The average Bonchev–Trinajstić information content (AvgIpc) is 3.15. The summed E-state index contributed by atoms with van der Waals surface area (Å²) in [6, 6.07) is 17.9. The Bertz CT molecular complexity index is 700. The molecule has 4 rings (SSSR count). The minimum Gasteiger partial charge on any atom is -0.384 e. The summed E-state index contributed by atoms with van der Waals surface area (Å²) in [5.41, 5.74) is 3.42. The van der Waals surface area contributed by atoms with Gasteiger partial charge in [-0.1, -0.05) is 36.4 Å². The van der Waals surface area contributed by atoms with E-state index in [4.69, 9.17) is 0 Å². The van der Waals surface area contributed by atoms with Crippen LogP contribution in [0.15, 0.2) is 54.6 Å². The van der Waals surface area contributed by atoms with E-state index in [1.165, 1.54) is 11.3 Å². The van der Waals surface area contributed by atoms with E-state index in [0.717, 1.165) is 25.2 Å². The maximum absolute atomic E-state index is 12.5. The number of benzene rings is 2. The number of nitrogens with one attached hydrogen (secondary N) is 3. The fourth-order valence-corrected chi connectivity index (χ4v) is 3.59. The molecule has 2 aliphatic heterocycles. The molecule has 4 heteroatoms. The zero-order valence-corrected chi connectivity index (χ0v) is 12.3. The molecule has 2 heterocycles. The Labute approximate surface area is 129 Å². The van der Waals surface area contributed by atoms with Gasteiger partial charge in [-0.25, -0.2) is 0 Å². The molecule has 2 unspecified atom stereocenters. The van der Waals surface area contributed by atoms with Crippen LogP contribution in [0.2, 0.25) is 0 Å². The molecule has 1 saturated heterocycles. The Morgan fingerprint density at radius 1 is 1.05 bits per heavy atom. The third kappa shape index (κ3) is 2.16. The SMILES string of the molecule is O=C(Nc1ccccc1)C1CC2(CNc3ccccc32)CN1. The predicted molar refractivity (Wildman–Crippen MR) is 88.1 cm³/mol. The van der Waals surface area contributed by atoms with Gasteiger partial charge in [-0.2, -0.15) is 0 Å². The lowest BCUT2D eigenvalue weighted by atomic mass is 9.80. The summed E-state index contributed by atoms with van der Waals surface area (Å²) in [6.07, 6.45) is 0.829. The lowest BCUT2D eigenvalue weighted by molar-refractivity contribution is -0.117. The zero-order valence-electron chi connectivity index (χ0n) is 12.3. The Balaban J connectivity index is 1.50. The van der Waals surface area contributed by atoms with E-state index in [1.807, 2.05) is 36.4 Å². The van der Waals surface area contributed by atoms with E-state index in [9.17, 15) is 4.79 Å². The van der Waals surface area contributed by atoms with Crippen LogP contribution in [0.4, 0.5) is 11.4 Å². The van der Waals surface area contributed by atoms with Gasteiger partial charge in [0.15, 0.2) is 0 Å². The van der Waals surface area contributed by atoms with E-state index in [1.54, 1.807) is 0 Å². The first-order chi connectivity index (χ1) is 10.8. The highest BCUT2D eigenvalue weighted by Gasteiger charge is 2.46. The Morgan fingerprint density at radius 3 is 2.68 bits per heavy atom. The summed E-state index contributed by atoms with van der Waals surface area (Å²) < 4.78 is 0. The van der Waals surface area contributed by atoms with Crippen LogP contribution in [0.1, 0.15) is 12.0 Å². The van der Waals surface area contributed by atoms with Crippen LogP contribution in [0, 0.1) is 0 Å². The summed E-state index contributed by atoms with van der Waals surface area (Å²) in [7, 11) is 0. The van der Waals surface area contributed by atoms with Crippen LogP contribution in [0.25, 0.3) is 0 Å². The quantitative estimate of drug-likeness (QED) is 0.796. The monoisotopic (exact) mass is 293 g/mol. The molecule has 0 bridgehead atoms. The van der Waals surface area contributed by atoms with Crippen LogP contribution in [-0.2, 0) is 10.2 Å². The van der Waals surface area contributed by atoms with Gasteiger partial charge in [0.2, 0.25) is 5.91 Å². The molecule has 112 valence electrons. The molecule has 0 saturated carbocycles. The van der Waals surface area contributed by atoms with Crippen molar-refractivity contribution < 1.29 is 4.79 Å². The second-order valence-electron chi connectivity index (χ2n) is 6.17. The Hall–Kier alpha value is -2.33. The van der Waals surface area contributed by atoms with Gasteiger partial charge in [-0.3, -0.25) is 4.79 Å². The molecular formula is C18H19N3O. The molecule has 1 amide bonds. The Kier molecular flexibility index (Phi) is 3.12. The third-order valence-corrected chi connectivity index (χ3v) is 4.76. The molecule has 2 aromatic carbocycles. The van der Waals surface area contributed by atoms with Crippen LogP contribution in [0.3, 0.4) is 0 Å². The van der Waals surface area contributed by atoms with Crippen molar-refractivity contribution >= 4 is 17.3 Å². The molecule has 2 atom stereocenters. The molecule has 2 aromatic rings. The Morgan fingerprint density at radius 2 is 1.82 bits per heavy atom. The van der Waals surface area contributed by atoms with E-state index < -0.39 is 0 Å². The number of anilines is 2. The largest absolute Gasteiger partial charge is 0.384 e. The van der Waals surface area contributed by atoms with Crippen molar-refractivity contribution in [2.45, 2.75) is 17.9 Å². The van der Waals surface area contributed by atoms with Gasteiger partial charge in [0.1, 0.15) is 0 Å². The van der Waals surface area contributed by atoms with Crippen LogP contribution < -0.4 is 16.0 Å². The molecule has 3 N–H and O–H groups in total. The molecule has 2 aliphatic rings. The first-order valence-electron chi connectivity index (χ1n) is 7.70. The number of carbonyl (C=O) groups excluding carboxylic acids is 1. The summed E-state index contributed by atoms with van der Waals surface area (Å²) in [5, 5.41) is 9.86. The van der Waals surface area contributed by atoms with Crippen LogP contribution >= 0.6 is 0 Å². The van der Waals surface area contributed by atoms with Crippen LogP contribution in [-0.4, -0.2) is 25.0 Å². The van der Waals surface area contributed by atoms with Gasteiger partial charge in [0.05, 0.1) is 6.04 Å². The van der Waals surface area contributed by atoms with Crippen molar-refractivity contribution in [3.63, 3.8) is 0 Å². The molecule has 0 radical (unpaired) electrons. The highest BCUT2D eigenvalue weighted by Crippen LogP contribution is 2.42. The summed E-state index contributed by atoms with van der Waals surface area (Å²) in [4.78, 5) is 12.5. The third-order valence-electron chi connectivity index (χ3n) is 4.76. The van der Waals surface area contributed by atoms with Gasteiger partial charge in [-0.15, -0.1) is 0 Å². The van der Waals surface area contributed by atoms with E-state index in [2.05, 4.69) is 34.1 Å². The summed E-state index contributed by atoms with van der Waals surface area (Å²) in [5.74, 6) is 0.0486. The van der Waals surface area contributed by atoms with Gasteiger partial charge >= 0.3 is 0 Å². The van der Waals surface area contributed by atoms with Gasteiger partial charge in [0.25, 0.3) is 0 Å². The minimum atomic E-state index is -0.145. The topological polar surface area (TPSA) is 53.2 Å². The van der Waals surface area contributed by atoms with Gasteiger partial charge in [-0.05, 0) is 30.2 Å². The molecular weight excluding hydrogens is 274 g/mol. The molecule has 1 spiro atoms. The minimum absolute atomic E-state index is 0.0370. The number of fused-ring (bicyclic) bond motifs is 2. The summed E-state index contributed by atoms with van der Waals surface area (Å²) >= 11 is 0. The van der Waals surface area contributed by atoms with Gasteiger partial charge < -0.3 is 16.0 Å². The first kappa shape index (κ1) is 13.3. The fraction of sp³-hybridized carbons (Fsp3) is 0.278. The second-order valence-corrected chi connectivity index (χ2v) is 6.17. The highest BCUT2D eigenvalue weighted by atomic mass is 16.2. The maximum Gasteiger partial charge on any atom is 0.241 e. The number of para-hydroxylation sites is 2. The van der Waals surface area contributed by atoms with Crippen LogP contribution in [0.5, 0.6) is 0 Å². The average molecular weight is 293 g/mol. The van der Waals surface area contributed by atoms with E-state index in [0.29, 0.717) is 0 Å². The van der Waals surface area contributed by atoms with Crippen molar-refractivity contribution in [1.29, 1.82) is 0 Å². The number of hydrogen-bond donors (Lipinski definition) is 3. The van der Waals surface area contributed by atoms with Crippen molar-refractivity contribution in [2.75, 3.05) is 23.7 Å². The van der Waals surface area contributed by atoms with E-state index in [-0.39, 0.29) is 17.4 Å². The second kappa shape index (κ2) is 5.14. The van der Waals surface area contributed by atoms with Crippen molar-refractivity contribution in [1.82, 2.24) is 5.32 Å². The normalized spacial score (nSPS) is 25.7. The molecule has 0 aliphatic carbocycles. The first-order valence-corrected chi connectivity index (χ1v) is 7.70. The summed E-state index contributed by atoms with van der Waals surface area (Å²) in [6.45, 7) is 1.73. The maximum atomic E-state index is 12.5. The van der Waals surface area contributed by atoms with Gasteiger partial charge in [0, 0.05) is 29.9 Å². The zero-order chi connectivity index (χ0) is 15.0. The number of hydrogen-bond acceptors (Lipinski definition) is 3. The standard InChI is InChI=1S/C18H19N3O/c22-17(21-13-6-2-1-3-7-13)16-10-18(12-20-16)11-19-15-9-5-4-8-14(15)18/h1-9,16,19-20H,10-12H2,(H,21,22). The molecule has 0 aromatic heterocycles. The van der Waals surface area contributed by atoms with E-state index >= 15 is 0 Å². The van der Waals surface area contributed by atoms with Crippen molar-refractivity contribution in [2.24, 2.45) is 0 Å². The number of amides is 1.